The van der Waals surface area contributed by atoms with E-state index in [2.05, 4.69) is 13.8 Å². The highest BCUT2D eigenvalue weighted by molar-refractivity contribution is 4.96. The Bertz CT molecular complexity index is 186. The summed E-state index contributed by atoms with van der Waals surface area (Å²) in [5.74, 6) is 1.53. The monoisotopic (exact) mass is 182 g/mol. The molecule has 1 N–H and O–H groups in total. The summed E-state index contributed by atoms with van der Waals surface area (Å²) in [5.41, 5.74) is 0.594. The zero-order chi connectivity index (χ0) is 9.47. The van der Waals surface area contributed by atoms with Crippen LogP contribution in [0.3, 0.4) is 0 Å². The molecule has 2 saturated carbocycles. The lowest BCUT2D eigenvalue weighted by molar-refractivity contribution is 0.0605. The first-order chi connectivity index (χ1) is 6.09. The summed E-state index contributed by atoms with van der Waals surface area (Å²) < 4.78 is 0. The molecular formula is C12H22O. The SMILES string of the molecule is CC1(C)CC1C[C@@H]1CCCC[C@H]1O. The molecule has 0 radical (unpaired) electrons. The maximum Gasteiger partial charge on any atom is 0.0568 e. The molecule has 1 unspecified atom stereocenters. The summed E-state index contributed by atoms with van der Waals surface area (Å²) >= 11 is 0. The zero-order valence-corrected chi connectivity index (χ0v) is 8.92. The van der Waals surface area contributed by atoms with Gasteiger partial charge in [-0.1, -0.05) is 26.7 Å². The van der Waals surface area contributed by atoms with Crippen molar-refractivity contribution in [2.45, 2.75) is 58.5 Å². The highest BCUT2D eigenvalue weighted by Crippen LogP contribution is 2.55. The molecule has 0 heterocycles. The van der Waals surface area contributed by atoms with E-state index in [1.165, 1.54) is 32.1 Å². The van der Waals surface area contributed by atoms with Crippen LogP contribution in [0.5, 0.6) is 0 Å². The molecule has 0 aromatic heterocycles. The molecule has 0 saturated heterocycles. The summed E-state index contributed by atoms with van der Waals surface area (Å²) in [6.45, 7) is 4.71. The van der Waals surface area contributed by atoms with E-state index < -0.39 is 0 Å². The Labute approximate surface area is 81.5 Å². The topological polar surface area (TPSA) is 20.2 Å². The van der Waals surface area contributed by atoms with Crippen LogP contribution in [-0.2, 0) is 0 Å². The van der Waals surface area contributed by atoms with Crippen molar-refractivity contribution < 1.29 is 5.11 Å². The fourth-order valence-electron chi connectivity index (χ4n) is 2.81. The molecule has 3 atom stereocenters. The zero-order valence-electron chi connectivity index (χ0n) is 8.92. The molecule has 2 fully saturated rings. The Morgan fingerprint density at radius 3 is 2.38 bits per heavy atom. The highest BCUT2D eigenvalue weighted by Gasteiger charge is 2.46. The molecule has 1 nitrogen and oxygen atoms in total. The van der Waals surface area contributed by atoms with E-state index in [9.17, 15) is 5.11 Å². The second kappa shape index (κ2) is 3.27. The highest BCUT2D eigenvalue weighted by atomic mass is 16.3. The fourth-order valence-corrected chi connectivity index (χ4v) is 2.81. The van der Waals surface area contributed by atoms with Gasteiger partial charge in [0.1, 0.15) is 0 Å². The third-order valence-corrected chi connectivity index (χ3v) is 4.17. The van der Waals surface area contributed by atoms with Gasteiger partial charge in [0, 0.05) is 0 Å². The van der Waals surface area contributed by atoms with Crippen LogP contribution in [0.4, 0.5) is 0 Å². The Hall–Kier alpha value is -0.0400. The normalized spacial score (nSPS) is 43.2. The molecule has 1 heteroatoms. The van der Waals surface area contributed by atoms with Gasteiger partial charge in [-0.25, -0.2) is 0 Å². The summed E-state index contributed by atoms with van der Waals surface area (Å²) in [5, 5.41) is 9.82. The summed E-state index contributed by atoms with van der Waals surface area (Å²) in [4.78, 5) is 0. The maximum atomic E-state index is 9.82. The average molecular weight is 182 g/mol. The van der Waals surface area contributed by atoms with Gasteiger partial charge in [-0.15, -0.1) is 0 Å². The van der Waals surface area contributed by atoms with Crippen molar-refractivity contribution >= 4 is 0 Å². The van der Waals surface area contributed by atoms with E-state index in [1.54, 1.807) is 0 Å². The van der Waals surface area contributed by atoms with Crippen molar-refractivity contribution in [3.8, 4) is 0 Å². The predicted molar refractivity (Wildman–Crippen MR) is 54.5 cm³/mol. The van der Waals surface area contributed by atoms with Gasteiger partial charge < -0.3 is 5.11 Å². The van der Waals surface area contributed by atoms with Gasteiger partial charge in [-0.2, -0.15) is 0 Å². The van der Waals surface area contributed by atoms with Gasteiger partial charge in [-0.3, -0.25) is 0 Å². The van der Waals surface area contributed by atoms with E-state index in [-0.39, 0.29) is 6.10 Å². The molecule has 0 aromatic rings. The number of aliphatic hydroxyl groups is 1. The van der Waals surface area contributed by atoms with Crippen molar-refractivity contribution in [3.63, 3.8) is 0 Å². The molecular weight excluding hydrogens is 160 g/mol. The van der Waals surface area contributed by atoms with Crippen LogP contribution in [0, 0.1) is 17.3 Å². The predicted octanol–water partition coefficient (Wildman–Crippen LogP) is 2.97. The Morgan fingerprint density at radius 2 is 1.85 bits per heavy atom. The Balaban J connectivity index is 1.81. The number of rotatable bonds is 2. The van der Waals surface area contributed by atoms with E-state index in [0.717, 1.165) is 12.3 Å². The van der Waals surface area contributed by atoms with Crippen LogP contribution in [0.2, 0.25) is 0 Å². The Morgan fingerprint density at radius 1 is 1.23 bits per heavy atom. The summed E-state index contributed by atoms with van der Waals surface area (Å²) in [6, 6.07) is 0. The van der Waals surface area contributed by atoms with E-state index >= 15 is 0 Å². The number of aliphatic hydroxyl groups excluding tert-OH is 1. The maximum absolute atomic E-state index is 9.82. The fraction of sp³-hybridized carbons (Fsp3) is 1.00. The molecule has 2 aliphatic rings. The first kappa shape index (κ1) is 9.51. The van der Waals surface area contributed by atoms with Crippen molar-refractivity contribution in [2.75, 3.05) is 0 Å². The van der Waals surface area contributed by atoms with Crippen LogP contribution < -0.4 is 0 Å². The van der Waals surface area contributed by atoms with Gasteiger partial charge in [0.25, 0.3) is 0 Å². The lowest BCUT2D eigenvalue weighted by atomic mass is 9.82. The van der Waals surface area contributed by atoms with E-state index in [4.69, 9.17) is 0 Å². The molecule has 13 heavy (non-hydrogen) atoms. The van der Waals surface area contributed by atoms with Crippen molar-refractivity contribution in [1.82, 2.24) is 0 Å². The molecule has 0 spiro atoms. The minimum Gasteiger partial charge on any atom is -0.393 e. The molecule has 2 rings (SSSR count). The van der Waals surface area contributed by atoms with Crippen LogP contribution in [-0.4, -0.2) is 11.2 Å². The van der Waals surface area contributed by atoms with Crippen molar-refractivity contribution in [3.05, 3.63) is 0 Å². The van der Waals surface area contributed by atoms with Crippen LogP contribution >= 0.6 is 0 Å². The smallest absolute Gasteiger partial charge is 0.0568 e. The second-order valence-electron chi connectivity index (χ2n) is 5.74. The van der Waals surface area contributed by atoms with Gasteiger partial charge in [0.15, 0.2) is 0 Å². The molecule has 0 bridgehead atoms. The summed E-state index contributed by atoms with van der Waals surface area (Å²) in [6.07, 6.45) is 7.60. The van der Waals surface area contributed by atoms with Crippen LogP contribution in [0.25, 0.3) is 0 Å². The first-order valence-electron chi connectivity index (χ1n) is 5.78. The third kappa shape index (κ3) is 2.07. The van der Waals surface area contributed by atoms with Gasteiger partial charge in [0.2, 0.25) is 0 Å². The molecule has 76 valence electrons. The third-order valence-electron chi connectivity index (χ3n) is 4.17. The van der Waals surface area contributed by atoms with Gasteiger partial charge in [-0.05, 0) is 42.9 Å². The lowest BCUT2D eigenvalue weighted by Crippen LogP contribution is -2.25. The first-order valence-corrected chi connectivity index (χ1v) is 5.78. The number of hydrogen-bond donors (Lipinski definition) is 1. The van der Waals surface area contributed by atoms with E-state index in [1.807, 2.05) is 0 Å². The van der Waals surface area contributed by atoms with Crippen molar-refractivity contribution in [1.29, 1.82) is 0 Å². The minimum atomic E-state index is 0.0187. The van der Waals surface area contributed by atoms with E-state index in [0.29, 0.717) is 11.3 Å². The lowest BCUT2D eigenvalue weighted by Gasteiger charge is -2.27. The van der Waals surface area contributed by atoms with Crippen LogP contribution in [0.1, 0.15) is 52.4 Å². The van der Waals surface area contributed by atoms with Crippen LogP contribution in [0.15, 0.2) is 0 Å². The molecule has 0 aromatic carbocycles. The molecule has 2 aliphatic carbocycles. The molecule has 0 amide bonds. The Kier molecular flexibility index (Phi) is 2.39. The summed E-state index contributed by atoms with van der Waals surface area (Å²) in [7, 11) is 0. The average Bonchev–Trinajstić information content (AvgIpc) is 2.64. The minimum absolute atomic E-state index is 0.0187. The second-order valence-corrected chi connectivity index (χ2v) is 5.74. The quantitative estimate of drug-likeness (QED) is 0.696. The van der Waals surface area contributed by atoms with Gasteiger partial charge >= 0.3 is 0 Å². The largest absolute Gasteiger partial charge is 0.393 e. The van der Waals surface area contributed by atoms with Crippen molar-refractivity contribution in [2.24, 2.45) is 17.3 Å². The molecule has 0 aliphatic heterocycles. The van der Waals surface area contributed by atoms with Gasteiger partial charge in [0.05, 0.1) is 6.10 Å². The number of hydrogen-bond acceptors (Lipinski definition) is 1. The standard InChI is InChI=1S/C12H22O/c1-12(2)8-10(12)7-9-5-3-4-6-11(9)13/h9-11,13H,3-8H2,1-2H3/t9-,10?,11+/m0/s1.